The standard InChI is InChI=1S/C12H16N6O2/c13-11(19)17-15-7-5-9-3-1-2-4-10(9)6-8-16-18-12(14)20/h1-4,7-8H,5-6H2,(H3,13,17,19)(H3,14,18,20). The fraction of sp³-hybridized carbons (Fsp3) is 0.167. The molecule has 0 saturated carbocycles. The van der Waals surface area contributed by atoms with Crippen LogP contribution in [0.4, 0.5) is 9.59 Å². The van der Waals surface area contributed by atoms with Gasteiger partial charge in [0.2, 0.25) is 0 Å². The average Bonchev–Trinajstić information content (AvgIpc) is 2.40. The summed E-state index contributed by atoms with van der Waals surface area (Å²) in [6.45, 7) is 0. The van der Waals surface area contributed by atoms with E-state index in [1.807, 2.05) is 24.3 Å². The molecule has 0 fully saturated rings. The Balaban J connectivity index is 2.59. The number of urea groups is 2. The van der Waals surface area contributed by atoms with Crippen molar-refractivity contribution in [2.45, 2.75) is 12.8 Å². The molecule has 0 bridgehead atoms. The Kier molecular flexibility index (Phi) is 6.25. The first kappa shape index (κ1) is 15.2. The first-order chi connectivity index (χ1) is 9.59. The molecule has 20 heavy (non-hydrogen) atoms. The maximum absolute atomic E-state index is 10.4. The Bertz CT molecular complexity index is 479. The summed E-state index contributed by atoms with van der Waals surface area (Å²) in [5.41, 5.74) is 16.0. The van der Waals surface area contributed by atoms with Crippen molar-refractivity contribution in [1.29, 1.82) is 0 Å². The van der Waals surface area contributed by atoms with Crippen LogP contribution in [0.3, 0.4) is 0 Å². The molecule has 1 rings (SSSR count). The molecular weight excluding hydrogens is 260 g/mol. The number of nitrogens with zero attached hydrogens (tertiary/aromatic N) is 2. The van der Waals surface area contributed by atoms with Gasteiger partial charge in [-0.25, -0.2) is 20.4 Å². The lowest BCUT2D eigenvalue weighted by atomic mass is 10.0. The molecule has 0 aliphatic heterocycles. The zero-order valence-electron chi connectivity index (χ0n) is 10.7. The van der Waals surface area contributed by atoms with Crippen LogP contribution >= 0.6 is 0 Å². The number of nitrogens with one attached hydrogen (secondary N) is 2. The molecule has 0 aliphatic carbocycles. The minimum atomic E-state index is -0.709. The molecule has 0 aromatic heterocycles. The summed E-state index contributed by atoms with van der Waals surface area (Å²) in [6, 6.07) is 6.24. The van der Waals surface area contributed by atoms with Gasteiger partial charge in [0.25, 0.3) is 0 Å². The molecule has 0 aliphatic rings. The van der Waals surface area contributed by atoms with E-state index in [2.05, 4.69) is 21.1 Å². The minimum Gasteiger partial charge on any atom is -0.350 e. The van der Waals surface area contributed by atoms with E-state index < -0.39 is 12.1 Å². The molecule has 106 valence electrons. The molecule has 0 radical (unpaired) electrons. The predicted octanol–water partition coefficient (Wildman–Crippen LogP) is 0.0798. The SMILES string of the molecule is NC(=O)NN=CCc1ccccc1CC=NNC(N)=O. The van der Waals surface area contributed by atoms with Crippen molar-refractivity contribution in [3.05, 3.63) is 35.4 Å². The Labute approximate surface area is 115 Å². The highest BCUT2D eigenvalue weighted by atomic mass is 16.2. The van der Waals surface area contributed by atoms with Gasteiger partial charge in [-0.05, 0) is 11.1 Å². The number of benzene rings is 1. The van der Waals surface area contributed by atoms with Gasteiger partial charge in [0, 0.05) is 25.3 Å². The van der Waals surface area contributed by atoms with Crippen molar-refractivity contribution < 1.29 is 9.59 Å². The number of hydrazone groups is 2. The van der Waals surface area contributed by atoms with Crippen LogP contribution in [0.5, 0.6) is 0 Å². The lowest BCUT2D eigenvalue weighted by Crippen LogP contribution is -2.24. The lowest BCUT2D eigenvalue weighted by molar-refractivity contribution is 0.248. The van der Waals surface area contributed by atoms with Gasteiger partial charge in [-0.2, -0.15) is 10.2 Å². The van der Waals surface area contributed by atoms with Crippen LogP contribution in [0.15, 0.2) is 34.5 Å². The molecule has 0 atom stereocenters. The van der Waals surface area contributed by atoms with Crippen LogP contribution in [-0.4, -0.2) is 24.5 Å². The van der Waals surface area contributed by atoms with Gasteiger partial charge in [0.15, 0.2) is 0 Å². The van der Waals surface area contributed by atoms with Gasteiger partial charge < -0.3 is 11.5 Å². The van der Waals surface area contributed by atoms with Crippen molar-refractivity contribution in [3.8, 4) is 0 Å². The molecule has 8 heteroatoms. The molecule has 1 aromatic rings. The minimum absolute atomic E-state index is 0.535. The van der Waals surface area contributed by atoms with E-state index in [-0.39, 0.29) is 0 Å². The Hall–Kier alpha value is -2.90. The highest BCUT2D eigenvalue weighted by Crippen LogP contribution is 2.08. The van der Waals surface area contributed by atoms with Crippen LogP contribution in [0.2, 0.25) is 0 Å². The van der Waals surface area contributed by atoms with Crippen molar-refractivity contribution >= 4 is 24.5 Å². The predicted molar refractivity (Wildman–Crippen MR) is 76.3 cm³/mol. The van der Waals surface area contributed by atoms with Crippen molar-refractivity contribution in [3.63, 3.8) is 0 Å². The third-order valence-corrected chi connectivity index (χ3v) is 2.27. The van der Waals surface area contributed by atoms with Crippen LogP contribution in [0, 0.1) is 0 Å². The maximum atomic E-state index is 10.4. The normalized spacial score (nSPS) is 10.8. The monoisotopic (exact) mass is 276 g/mol. The highest BCUT2D eigenvalue weighted by Gasteiger charge is 1.99. The first-order valence-corrected chi connectivity index (χ1v) is 5.80. The largest absolute Gasteiger partial charge is 0.350 e. The summed E-state index contributed by atoms with van der Waals surface area (Å²) in [5.74, 6) is 0. The zero-order chi connectivity index (χ0) is 14.8. The second-order valence-electron chi connectivity index (χ2n) is 3.75. The summed E-state index contributed by atoms with van der Waals surface area (Å²) in [5, 5.41) is 7.34. The summed E-state index contributed by atoms with van der Waals surface area (Å²) in [7, 11) is 0. The van der Waals surface area contributed by atoms with Crippen LogP contribution in [0.1, 0.15) is 11.1 Å². The quantitative estimate of drug-likeness (QED) is 0.432. The lowest BCUT2D eigenvalue weighted by Gasteiger charge is -2.04. The number of primary amides is 2. The van der Waals surface area contributed by atoms with Gasteiger partial charge in [-0.3, -0.25) is 0 Å². The van der Waals surface area contributed by atoms with Gasteiger partial charge in [-0.1, -0.05) is 24.3 Å². The second kappa shape index (κ2) is 8.25. The number of hydrogen-bond donors (Lipinski definition) is 4. The first-order valence-electron chi connectivity index (χ1n) is 5.80. The average molecular weight is 276 g/mol. The Morgan fingerprint density at radius 2 is 1.35 bits per heavy atom. The maximum Gasteiger partial charge on any atom is 0.332 e. The molecule has 0 saturated heterocycles. The fourth-order valence-electron chi connectivity index (χ4n) is 1.46. The van der Waals surface area contributed by atoms with Gasteiger partial charge in [0.1, 0.15) is 0 Å². The number of nitrogens with two attached hydrogens (primary N) is 2. The van der Waals surface area contributed by atoms with Gasteiger partial charge in [0.05, 0.1) is 0 Å². The summed E-state index contributed by atoms with van der Waals surface area (Å²) < 4.78 is 0. The van der Waals surface area contributed by atoms with Gasteiger partial charge >= 0.3 is 12.1 Å². The van der Waals surface area contributed by atoms with E-state index in [1.54, 1.807) is 12.4 Å². The van der Waals surface area contributed by atoms with E-state index in [0.29, 0.717) is 12.8 Å². The van der Waals surface area contributed by atoms with E-state index in [1.165, 1.54) is 0 Å². The molecular formula is C12H16N6O2. The second-order valence-corrected chi connectivity index (χ2v) is 3.75. The zero-order valence-corrected chi connectivity index (χ0v) is 10.7. The van der Waals surface area contributed by atoms with E-state index in [9.17, 15) is 9.59 Å². The third-order valence-electron chi connectivity index (χ3n) is 2.27. The molecule has 4 amide bonds. The number of carbonyl (C=O) groups excluding carboxylic acids is 2. The molecule has 0 spiro atoms. The summed E-state index contributed by atoms with van der Waals surface area (Å²) in [6.07, 6.45) is 4.16. The van der Waals surface area contributed by atoms with Crippen molar-refractivity contribution in [1.82, 2.24) is 10.9 Å². The molecule has 6 N–H and O–H groups in total. The van der Waals surface area contributed by atoms with Crippen molar-refractivity contribution in [2.24, 2.45) is 21.7 Å². The molecule has 0 unspecified atom stereocenters. The number of amides is 4. The third kappa shape index (κ3) is 6.15. The van der Waals surface area contributed by atoms with Crippen LogP contribution in [0.25, 0.3) is 0 Å². The Morgan fingerprint density at radius 3 is 1.70 bits per heavy atom. The number of hydrogen-bond acceptors (Lipinski definition) is 4. The summed E-state index contributed by atoms with van der Waals surface area (Å²) in [4.78, 5) is 20.9. The number of carbonyl (C=O) groups is 2. The van der Waals surface area contributed by atoms with Gasteiger partial charge in [-0.15, -0.1) is 0 Å². The summed E-state index contributed by atoms with van der Waals surface area (Å²) >= 11 is 0. The molecule has 0 heterocycles. The smallest absolute Gasteiger partial charge is 0.332 e. The van der Waals surface area contributed by atoms with E-state index in [4.69, 9.17) is 11.5 Å². The molecule has 1 aromatic carbocycles. The van der Waals surface area contributed by atoms with E-state index in [0.717, 1.165) is 11.1 Å². The van der Waals surface area contributed by atoms with Crippen LogP contribution < -0.4 is 22.3 Å². The topological polar surface area (TPSA) is 135 Å². The fourth-order valence-corrected chi connectivity index (χ4v) is 1.46. The highest BCUT2D eigenvalue weighted by molar-refractivity contribution is 5.74. The molecule has 8 nitrogen and oxygen atoms in total. The van der Waals surface area contributed by atoms with Crippen molar-refractivity contribution in [2.75, 3.05) is 0 Å². The van der Waals surface area contributed by atoms with Crippen LogP contribution in [-0.2, 0) is 12.8 Å². The number of rotatable bonds is 6. The Morgan fingerprint density at radius 1 is 0.950 bits per heavy atom. The van der Waals surface area contributed by atoms with E-state index >= 15 is 0 Å².